The molecule has 3 atom stereocenters. The first-order chi connectivity index (χ1) is 6.59. The fraction of sp³-hybridized carbons (Fsp3) is 1.00. The fourth-order valence-electron chi connectivity index (χ4n) is 3.25. The number of nitro groups is 1. The summed E-state index contributed by atoms with van der Waals surface area (Å²) in [4.78, 5) is 10.0. The van der Waals surface area contributed by atoms with Crippen molar-refractivity contribution in [3.8, 4) is 0 Å². The third-order valence-corrected chi connectivity index (χ3v) is 3.77. The first-order valence-corrected chi connectivity index (χ1v) is 5.43. The molecule has 0 aliphatic heterocycles. The summed E-state index contributed by atoms with van der Waals surface area (Å²) in [5, 5.41) is 20.5. The van der Waals surface area contributed by atoms with Gasteiger partial charge in [-0.1, -0.05) is 25.7 Å². The van der Waals surface area contributed by atoms with Gasteiger partial charge in [-0.25, -0.2) is 0 Å². The van der Waals surface area contributed by atoms with Gasteiger partial charge in [-0.3, -0.25) is 10.1 Å². The summed E-state index contributed by atoms with van der Waals surface area (Å²) in [6, 6.07) is 0. The summed E-state index contributed by atoms with van der Waals surface area (Å²) in [7, 11) is 0. The third kappa shape index (κ3) is 1.90. The summed E-state index contributed by atoms with van der Waals surface area (Å²) in [5.41, 5.74) is -0.997. The number of fused-ring (bicyclic) bond motifs is 1. The summed E-state index contributed by atoms with van der Waals surface area (Å²) >= 11 is 0. The largest absolute Gasteiger partial charge is 0.383 e. The molecule has 0 radical (unpaired) electrons. The molecular formula is C10H17NO3. The van der Waals surface area contributed by atoms with E-state index in [-0.39, 0.29) is 11.5 Å². The van der Waals surface area contributed by atoms with Crippen molar-refractivity contribution >= 4 is 0 Å². The molecule has 2 aliphatic rings. The van der Waals surface area contributed by atoms with Gasteiger partial charge in [0.25, 0.3) is 0 Å². The van der Waals surface area contributed by atoms with Gasteiger partial charge in [-0.15, -0.1) is 0 Å². The lowest BCUT2D eigenvalue weighted by Gasteiger charge is -2.23. The zero-order chi connectivity index (χ0) is 10.2. The van der Waals surface area contributed by atoms with E-state index in [1.165, 1.54) is 12.8 Å². The molecule has 0 heterocycles. The van der Waals surface area contributed by atoms with Crippen LogP contribution in [0.3, 0.4) is 0 Å². The fourth-order valence-corrected chi connectivity index (χ4v) is 3.25. The van der Waals surface area contributed by atoms with Crippen LogP contribution >= 0.6 is 0 Å². The SMILES string of the molecule is O=[N+]([O-])CC1(O)C[C@H]2CCCC[C@H]2C1. The van der Waals surface area contributed by atoms with Gasteiger partial charge in [0, 0.05) is 4.92 Å². The summed E-state index contributed by atoms with van der Waals surface area (Å²) in [6.07, 6.45) is 6.08. The highest BCUT2D eigenvalue weighted by molar-refractivity contribution is 4.95. The van der Waals surface area contributed by atoms with Crippen LogP contribution in [0.1, 0.15) is 38.5 Å². The van der Waals surface area contributed by atoms with Crippen molar-refractivity contribution in [3.63, 3.8) is 0 Å². The van der Waals surface area contributed by atoms with Gasteiger partial charge in [0.2, 0.25) is 6.54 Å². The second-order valence-electron chi connectivity index (χ2n) is 4.93. The van der Waals surface area contributed by atoms with E-state index in [1.807, 2.05) is 0 Å². The molecule has 0 bridgehead atoms. The number of nitrogens with zero attached hydrogens (tertiary/aromatic N) is 1. The minimum atomic E-state index is -0.997. The van der Waals surface area contributed by atoms with Gasteiger partial charge in [-0.05, 0) is 24.7 Å². The zero-order valence-electron chi connectivity index (χ0n) is 8.32. The Labute approximate surface area is 83.5 Å². The topological polar surface area (TPSA) is 63.4 Å². The van der Waals surface area contributed by atoms with Crippen molar-refractivity contribution in [2.24, 2.45) is 11.8 Å². The average Bonchev–Trinajstić information content (AvgIpc) is 2.38. The zero-order valence-corrected chi connectivity index (χ0v) is 8.32. The molecule has 0 aromatic carbocycles. The standard InChI is InChI=1S/C10H17NO3/c12-10(7-11(13)14)5-8-3-1-2-4-9(8)6-10/h8-9,12H,1-7H2/t8-,9+,10?. The van der Waals surface area contributed by atoms with Crippen molar-refractivity contribution in [2.75, 3.05) is 6.54 Å². The highest BCUT2D eigenvalue weighted by atomic mass is 16.6. The van der Waals surface area contributed by atoms with Crippen LogP contribution in [0.2, 0.25) is 0 Å². The van der Waals surface area contributed by atoms with Crippen LogP contribution in [0.4, 0.5) is 0 Å². The molecule has 0 aromatic rings. The molecule has 2 aliphatic carbocycles. The summed E-state index contributed by atoms with van der Waals surface area (Å²) in [5.74, 6) is 1.10. The van der Waals surface area contributed by atoms with Gasteiger partial charge in [0.15, 0.2) is 0 Å². The van der Waals surface area contributed by atoms with Gasteiger partial charge in [0.05, 0.1) is 0 Å². The second-order valence-corrected chi connectivity index (χ2v) is 4.93. The van der Waals surface area contributed by atoms with Gasteiger partial charge in [0.1, 0.15) is 5.60 Å². The van der Waals surface area contributed by atoms with Crippen molar-refractivity contribution < 1.29 is 10.0 Å². The Morgan fingerprint density at radius 2 is 1.79 bits per heavy atom. The number of hydrogen-bond donors (Lipinski definition) is 1. The molecule has 0 amide bonds. The van der Waals surface area contributed by atoms with Gasteiger partial charge in [-0.2, -0.15) is 0 Å². The van der Waals surface area contributed by atoms with Crippen LogP contribution in [-0.2, 0) is 0 Å². The van der Waals surface area contributed by atoms with E-state index in [1.54, 1.807) is 0 Å². The Kier molecular flexibility index (Phi) is 2.47. The molecular weight excluding hydrogens is 182 g/mol. The minimum Gasteiger partial charge on any atom is -0.383 e. The molecule has 2 fully saturated rings. The maximum atomic E-state index is 10.4. The van der Waals surface area contributed by atoms with Crippen LogP contribution < -0.4 is 0 Å². The smallest absolute Gasteiger partial charge is 0.232 e. The second kappa shape index (κ2) is 3.50. The Bertz CT molecular complexity index is 228. The number of hydrogen-bond acceptors (Lipinski definition) is 3. The maximum absolute atomic E-state index is 10.4. The van der Waals surface area contributed by atoms with Crippen molar-refractivity contribution in [3.05, 3.63) is 10.1 Å². The Balaban J connectivity index is 2.00. The normalized spacial score (nSPS) is 42.1. The van der Waals surface area contributed by atoms with Crippen LogP contribution in [0.5, 0.6) is 0 Å². The molecule has 1 unspecified atom stereocenters. The average molecular weight is 199 g/mol. The van der Waals surface area contributed by atoms with E-state index < -0.39 is 5.60 Å². The third-order valence-electron chi connectivity index (χ3n) is 3.77. The van der Waals surface area contributed by atoms with Crippen molar-refractivity contribution in [1.29, 1.82) is 0 Å². The van der Waals surface area contributed by atoms with E-state index in [9.17, 15) is 15.2 Å². The summed E-state index contributed by atoms with van der Waals surface area (Å²) < 4.78 is 0. The van der Waals surface area contributed by atoms with Crippen molar-refractivity contribution in [2.45, 2.75) is 44.1 Å². The molecule has 4 nitrogen and oxygen atoms in total. The van der Waals surface area contributed by atoms with E-state index >= 15 is 0 Å². The Morgan fingerprint density at radius 3 is 2.21 bits per heavy atom. The Morgan fingerprint density at radius 1 is 1.29 bits per heavy atom. The first-order valence-electron chi connectivity index (χ1n) is 5.43. The maximum Gasteiger partial charge on any atom is 0.232 e. The van der Waals surface area contributed by atoms with Crippen LogP contribution in [0.15, 0.2) is 0 Å². The Hall–Kier alpha value is -0.640. The summed E-state index contributed by atoms with van der Waals surface area (Å²) in [6.45, 7) is -0.264. The van der Waals surface area contributed by atoms with E-state index in [0.717, 1.165) is 12.8 Å². The predicted molar refractivity (Wildman–Crippen MR) is 51.5 cm³/mol. The lowest BCUT2D eigenvalue weighted by Crippen LogP contribution is -2.34. The van der Waals surface area contributed by atoms with Gasteiger partial charge >= 0.3 is 0 Å². The van der Waals surface area contributed by atoms with E-state index in [2.05, 4.69) is 0 Å². The van der Waals surface area contributed by atoms with Crippen LogP contribution in [-0.4, -0.2) is 22.2 Å². The lowest BCUT2D eigenvalue weighted by molar-refractivity contribution is -0.500. The van der Waals surface area contributed by atoms with Crippen molar-refractivity contribution in [1.82, 2.24) is 0 Å². The molecule has 2 saturated carbocycles. The minimum absolute atomic E-state index is 0.264. The molecule has 2 rings (SSSR count). The monoisotopic (exact) mass is 199 g/mol. The predicted octanol–water partition coefficient (Wildman–Crippen LogP) is 1.59. The number of rotatable bonds is 2. The van der Waals surface area contributed by atoms with Gasteiger partial charge < -0.3 is 5.11 Å². The van der Waals surface area contributed by atoms with Crippen LogP contribution in [0, 0.1) is 22.0 Å². The van der Waals surface area contributed by atoms with E-state index in [4.69, 9.17) is 0 Å². The molecule has 4 heteroatoms. The molecule has 0 saturated heterocycles. The highest BCUT2D eigenvalue weighted by Gasteiger charge is 2.47. The molecule has 1 N–H and O–H groups in total. The highest BCUT2D eigenvalue weighted by Crippen LogP contribution is 2.46. The molecule has 0 aromatic heterocycles. The first kappa shape index (κ1) is 9.90. The van der Waals surface area contributed by atoms with Crippen LogP contribution in [0.25, 0.3) is 0 Å². The quantitative estimate of drug-likeness (QED) is 0.542. The molecule has 0 spiro atoms. The lowest BCUT2D eigenvalue weighted by atomic mass is 9.82. The molecule has 80 valence electrons. The van der Waals surface area contributed by atoms with E-state index in [0.29, 0.717) is 24.7 Å². The number of aliphatic hydroxyl groups is 1. The molecule has 14 heavy (non-hydrogen) atoms.